The van der Waals surface area contributed by atoms with E-state index in [2.05, 4.69) is 24.5 Å². The molecule has 18 heavy (non-hydrogen) atoms. The van der Waals surface area contributed by atoms with E-state index in [1.807, 2.05) is 0 Å². The standard InChI is InChI=1S/C15H28N2O/c1-11(2)9-17-15(18)10-16-14-5-3-4-13(8-14)12-6-7-12/h11-14,16H,3-10H2,1-2H3,(H,17,18). The molecule has 0 aromatic carbocycles. The van der Waals surface area contributed by atoms with Gasteiger partial charge in [0.2, 0.25) is 5.91 Å². The van der Waals surface area contributed by atoms with E-state index in [0.29, 0.717) is 18.5 Å². The summed E-state index contributed by atoms with van der Waals surface area (Å²) in [5.41, 5.74) is 0. The molecule has 0 saturated heterocycles. The highest BCUT2D eigenvalue weighted by molar-refractivity contribution is 5.77. The Morgan fingerprint density at radius 3 is 2.61 bits per heavy atom. The molecule has 104 valence electrons. The molecule has 0 heterocycles. The van der Waals surface area contributed by atoms with Gasteiger partial charge in [-0.1, -0.05) is 26.7 Å². The third-order valence-corrected chi connectivity index (χ3v) is 4.26. The Bertz CT molecular complexity index is 274. The van der Waals surface area contributed by atoms with Gasteiger partial charge < -0.3 is 10.6 Å². The van der Waals surface area contributed by atoms with Crippen molar-refractivity contribution in [2.75, 3.05) is 13.1 Å². The topological polar surface area (TPSA) is 41.1 Å². The number of hydrogen-bond donors (Lipinski definition) is 2. The molecule has 0 bridgehead atoms. The van der Waals surface area contributed by atoms with Crippen molar-refractivity contribution in [3.05, 3.63) is 0 Å². The third kappa shape index (κ3) is 4.60. The lowest BCUT2D eigenvalue weighted by atomic mass is 9.83. The molecular weight excluding hydrogens is 224 g/mol. The van der Waals surface area contributed by atoms with Crippen LogP contribution in [0.1, 0.15) is 52.4 Å². The smallest absolute Gasteiger partial charge is 0.233 e. The van der Waals surface area contributed by atoms with Crippen molar-refractivity contribution in [2.24, 2.45) is 17.8 Å². The lowest BCUT2D eigenvalue weighted by Gasteiger charge is -2.29. The van der Waals surface area contributed by atoms with Crippen LogP contribution in [0.25, 0.3) is 0 Å². The molecule has 2 atom stereocenters. The summed E-state index contributed by atoms with van der Waals surface area (Å²) < 4.78 is 0. The van der Waals surface area contributed by atoms with Gasteiger partial charge in [-0.2, -0.15) is 0 Å². The zero-order chi connectivity index (χ0) is 13.0. The minimum Gasteiger partial charge on any atom is -0.355 e. The van der Waals surface area contributed by atoms with Crippen LogP contribution in [0.5, 0.6) is 0 Å². The van der Waals surface area contributed by atoms with E-state index >= 15 is 0 Å². The van der Waals surface area contributed by atoms with E-state index in [-0.39, 0.29) is 5.91 Å². The number of amides is 1. The summed E-state index contributed by atoms with van der Waals surface area (Å²) in [5, 5.41) is 6.41. The monoisotopic (exact) mass is 252 g/mol. The molecule has 2 N–H and O–H groups in total. The molecule has 0 aromatic heterocycles. The molecule has 0 spiro atoms. The average molecular weight is 252 g/mol. The first kappa shape index (κ1) is 13.9. The summed E-state index contributed by atoms with van der Waals surface area (Å²) in [6.45, 7) is 5.52. The van der Waals surface area contributed by atoms with E-state index in [0.717, 1.165) is 18.4 Å². The fourth-order valence-electron chi connectivity index (χ4n) is 3.03. The molecule has 2 fully saturated rings. The molecule has 0 aromatic rings. The van der Waals surface area contributed by atoms with Crippen molar-refractivity contribution in [3.8, 4) is 0 Å². The Morgan fingerprint density at radius 2 is 1.94 bits per heavy atom. The minimum atomic E-state index is 0.150. The lowest BCUT2D eigenvalue weighted by molar-refractivity contribution is -0.120. The SMILES string of the molecule is CC(C)CNC(=O)CNC1CCCC(C2CC2)C1. The minimum absolute atomic E-state index is 0.150. The zero-order valence-electron chi connectivity index (χ0n) is 11.9. The van der Waals surface area contributed by atoms with Crippen molar-refractivity contribution in [1.82, 2.24) is 10.6 Å². The maximum Gasteiger partial charge on any atom is 0.233 e. The normalized spacial score (nSPS) is 28.4. The van der Waals surface area contributed by atoms with Crippen LogP contribution in [0.3, 0.4) is 0 Å². The Morgan fingerprint density at radius 1 is 1.17 bits per heavy atom. The van der Waals surface area contributed by atoms with Gasteiger partial charge in [-0.25, -0.2) is 0 Å². The van der Waals surface area contributed by atoms with Gasteiger partial charge in [-0.3, -0.25) is 4.79 Å². The summed E-state index contributed by atoms with van der Waals surface area (Å²) in [6, 6.07) is 0.578. The third-order valence-electron chi connectivity index (χ3n) is 4.26. The van der Waals surface area contributed by atoms with E-state index in [1.54, 1.807) is 0 Å². The number of hydrogen-bond acceptors (Lipinski definition) is 2. The van der Waals surface area contributed by atoms with Crippen molar-refractivity contribution >= 4 is 5.91 Å². The van der Waals surface area contributed by atoms with E-state index in [1.165, 1.54) is 38.5 Å². The number of carbonyl (C=O) groups excluding carboxylic acids is 1. The molecule has 2 unspecified atom stereocenters. The lowest BCUT2D eigenvalue weighted by Crippen LogP contribution is -2.42. The fourth-order valence-corrected chi connectivity index (χ4v) is 3.03. The molecule has 3 heteroatoms. The second kappa shape index (κ2) is 6.55. The molecule has 2 rings (SSSR count). The van der Waals surface area contributed by atoms with Crippen LogP contribution in [0, 0.1) is 17.8 Å². The maximum atomic E-state index is 11.6. The summed E-state index contributed by atoms with van der Waals surface area (Å²) >= 11 is 0. The summed E-state index contributed by atoms with van der Waals surface area (Å²) in [4.78, 5) is 11.6. The van der Waals surface area contributed by atoms with Crippen molar-refractivity contribution in [3.63, 3.8) is 0 Å². The highest BCUT2D eigenvalue weighted by Gasteiger charge is 2.34. The van der Waals surface area contributed by atoms with Crippen LogP contribution in [-0.2, 0) is 4.79 Å². The number of rotatable bonds is 6. The van der Waals surface area contributed by atoms with Crippen LogP contribution >= 0.6 is 0 Å². The second-order valence-corrected chi connectivity index (χ2v) is 6.54. The second-order valence-electron chi connectivity index (χ2n) is 6.54. The molecule has 0 radical (unpaired) electrons. The zero-order valence-corrected chi connectivity index (χ0v) is 11.9. The Labute approximate surface area is 111 Å². The van der Waals surface area contributed by atoms with Crippen LogP contribution in [0.15, 0.2) is 0 Å². The van der Waals surface area contributed by atoms with Crippen LogP contribution in [0.2, 0.25) is 0 Å². The number of nitrogens with one attached hydrogen (secondary N) is 2. The van der Waals surface area contributed by atoms with Gasteiger partial charge in [-0.15, -0.1) is 0 Å². The first-order valence-corrected chi connectivity index (χ1v) is 7.65. The Balaban J connectivity index is 1.61. The van der Waals surface area contributed by atoms with E-state index in [4.69, 9.17) is 0 Å². The van der Waals surface area contributed by atoms with Gasteiger partial charge in [0.05, 0.1) is 6.54 Å². The molecule has 2 saturated carbocycles. The first-order valence-electron chi connectivity index (χ1n) is 7.65. The van der Waals surface area contributed by atoms with Gasteiger partial charge in [-0.05, 0) is 43.4 Å². The summed E-state index contributed by atoms with van der Waals surface area (Å²) in [5.74, 6) is 2.64. The van der Waals surface area contributed by atoms with Crippen LogP contribution in [0.4, 0.5) is 0 Å². The van der Waals surface area contributed by atoms with E-state index < -0.39 is 0 Å². The summed E-state index contributed by atoms with van der Waals surface area (Å²) in [7, 11) is 0. The number of carbonyl (C=O) groups is 1. The predicted octanol–water partition coefficient (Wildman–Crippen LogP) is 2.32. The highest BCUT2D eigenvalue weighted by atomic mass is 16.1. The molecule has 3 nitrogen and oxygen atoms in total. The first-order chi connectivity index (χ1) is 8.65. The summed E-state index contributed by atoms with van der Waals surface area (Å²) in [6.07, 6.45) is 8.20. The fraction of sp³-hybridized carbons (Fsp3) is 0.933. The predicted molar refractivity (Wildman–Crippen MR) is 74.3 cm³/mol. The maximum absolute atomic E-state index is 11.6. The van der Waals surface area contributed by atoms with Crippen LogP contribution in [-0.4, -0.2) is 25.0 Å². The van der Waals surface area contributed by atoms with Crippen molar-refractivity contribution < 1.29 is 4.79 Å². The average Bonchev–Trinajstić information content (AvgIpc) is 3.18. The molecule has 1 amide bonds. The van der Waals surface area contributed by atoms with Crippen molar-refractivity contribution in [2.45, 2.75) is 58.4 Å². The van der Waals surface area contributed by atoms with Gasteiger partial charge >= 0.3 is 0 Å². The Hall–Kier alpha value is -0.570. The van der Waals surface area contributed by atoms with Gasteiger partial charge in [0.25, 0.3) is 0 Å². The molecular formula is C15H28N2O. The van der Waals surface area contributed by atoms with Crippen LogP contribution < -0.4 is 10.6 Å². The largest absolute Gasteiger partial charge is 0.355 e. The van der Waals surface area contributed by atoms with Crippen molar-refractivity contribution in [1.29, 1.82) is 0 Å². The quantitative estimate of drug-likeness (QED) is 0.761. The Kier molecular flexibility index (Phi) is 5.04. The van der Waals surface area contributed by atoms with Gasteiger partial charge in [0.1, 0.15) is 0 Å². The van der Waals surface area contributed by atoms with Gasteiger partial charge in [0.15, 0.2) is 0 Å². The molecule has 2 aliphatic rings. The van der Waals surface area contributed by atoms with E-state index in [9.17, 15) is 4.79 Å². The highest BCUT2D eigenvalue weighted by Crippen LogP contribution is 2.43. The molecule has 2 aliphatic carbocycles. The van der Waals surface area contributed by atoms with Gasteiger partial charge in [0, 0.05) is 12.6 Å². The molecule has 0 aliphatic heterocycles.